The van der Waals surface area contributed by atoms with E-state index in [0.29, 0.717) is 48.8 Å². The van der Waals surface area contributed by atoms with Gasteiger partial charge in [-0.2, -0.15) is 0 Å². The van der Waals surface area contributed by atoms with Crippen molar-refractivity contribution >= 4 is 34.6 Å². The molecule has 28 heavy (non-hydrogen) atoms. The average molecular weight is 407 g/mol. The van der Waals surface area contributed by atoms with Crippen molar-refractivity contribution in [3.8, 4) is 0 Å². The highest BCUT2D eigenvalue weighted by atomic mass is 32.2. The summed E-state index contributed by atoms with van der Waals surface area (Å²) in [6.45, 7) is 5.94. The molecule has 2 N–H and O–H groups in total. The summed E-state index contributed by atoms with van der Waals surface area (Å²) >= 11 is 1.13. The van der Waals surface area contributed by atoms with Gasteiger partial charge in [0.05, 0.1) is 16.7 Å². The number of aromatic nitrogens is 2. The van der Waals surface area contributed by atoms with Crippen LogP contribution in [0.3, 0.4) is 0 Å². The van der Waals surface area contributed by atoms with E-state index in [1.807, 2.05) is 19.9 Å². The summed E-state index contributed by atoms with van der Waals surface area (Å²) in [5.74, 6) is -0.461. The Bertz CT molecular complexity index is 869. The maximum Gasteiger partial charge on any atom is 0.321 e. The van der Waals surface area contributed by atoms with E-state index in [4.69, 9.17) is 4.74 Å². The Hall–Kier alpha value is -2.39. The van der Waals surface area contributed by atoms with E-state index in [1.165, 1.54) is 0 Å². The van der Waals surface area contributed by atoms with E-state index in [-0.39, 0.29) is 11.3 Å². The molecule has 2 rings (SSSR count). The second-order valence-corrected chi connectivity index (χ2v) is 6.95. The van der Waals surface area contributed by atoms with Crippen LogP contribution in [0.5, 0.6) is 0 Å². The summed E-state index contributed by atoms with van der Waals surface area (Å²) in [6.07, 6.45) is 1.44. The topological polar surface area (TPSA) is 102 Å². The second-order valence-electron chi connectivity index (χ2n) is 6.01. The Kier molecular flexibility index (Phi) is 8.96. The number of para-hydroxylation sites is 1. The molecule has 0 aliphatic carbocycles. The van der Waals surface area contributed by atoms with Gasteiger partial charge in [0.15, 0.2) is 5.16 Å². The van der Waals surface area contributed by atoms with Crippen LogP contribution < -0.4 is 16.2 Å². The predicted octanol–water partition coefficient (Wildman–Crippen LogP) is 2.15. The molecule has 0 saturated heterocycles. The number of ether oxygens (including phenoxy) is 1. The highest BCUT2D eigenvalue weighted by Crippen LogP contribution is 2.18. The molecule has 8 nitrogen and oxygen atoms in total. The zero-order valence-electron chi connectivity index (χ0n) is 16.2. The molecule has 0 atom stereocenters. The fourth-order valence-electron chi connectivity index (χ4n) is 2.50. The molecular weight excluding hydrogens is 380 g/mol. The first-order valence-corrected chi connectivity index (χ1v) is 10.3. The molecule has 0 bridgehead atoms. The van der Waals surface area contributed by atoms with Gasteiger partial charge >= 0.3 is 6.03 Å². The highest BCUT2D eigenvalue weighted by molar-refractivity contribution is 7.99. The van der Waals surface area contributed by atoms with Gasteiger partial charge in [-0.25, -0.2) is 9.78 Å². The summed E-state index contributed by atoms with van der Waals surface area (Å²) in [5.41, 5.74) is 0.433. The molecule has 9 heteroatoms. The predicted molar refractivity (Wildman–Crippen MR) is 110 cm³/mol. The first kappa shape index (κ1) is 21.9. The Labute approximate surface area is 168 Å². The Morgan fingerprint density at radius 1 is 1.25 bits per heavy atom. The molecule has 1 heterocycles. The standard InChI is InChI=1S/C19H26N4O4S/c1-3-10-20-18(26)22-16(24)13-28-19-21-15-9-6-5-8-14(15)17(25)23(19)11-7-12-27-4-2/h5-6,8-9H,3-4,7,10-13H2,1-2H3,(H2,20,22,24,26). The van der Waals surface area contributed by atoms with E-state index in [1.54, 1.807) is 22.8 Å². The number of thioether (sulfide) groups is 1. The molecule has 2 aromatic rings. The van der Waals surface area contributed by atoms with Crippen molar-refractivity contribution < 1.29 is 14.3 Å². The fourth-order valence-corrected chi connectivity index (χ4v) is 3.32. The van der Waals surface area contributed by atoms with Crippen LogP contribution in [0.25, 0.3) is 10.9 Å². The molecule has 0 saturated carbocycles. The van der Waals surface area contributed by atoms with Crippen molar-refractivity contribution in [2.75, 3.05) is 25.5 Å². The molecule has 0 aliphatic heterocycles. The van der Waals surface area contributed by atoms with Crippen LogP contribution in [0.2, 0.25) is 0 Å². The van der Waals surface area contributed by atoms with Crippen molar-refractivity contribution in [2.24, 2.45) is 0 Å². The van der Waals surface area contributed by atoms with Crippen molar-refractivity contribution in [1.29, 1.82) is 0 Å². The van der Waals surface area contributed by atoms with Crippen molar-refractivity contribution in [3.63, 3.8) is 0 Å². The summed E-state index contributed by atoms with van der Waals surface area (Å²) in [6, 6.07) is 6.60. The molecule has 0 aliphatic rings. The fraction of sp³-hybridized carbons (Fsp3) is 0.474. The molecule has 3 amide bonds. The third kappa shape index (κ3) is 6.35. The second kappa shape index (κ2) is 11.5. The number of urea groups is 1. The van der Waals surface area contributed by atoms with E-state index in [0.717, 1.165) is 18.2 Å². The van der Waals surface area contributed by atoms with Gasteiger partial charge in [0.2, 0.25) is 5.91 Å². The third-order valence-corrected chi connectivity index (χ3v) is 4.80. The first-order chi connectivity index (χ1) is 13.6. The van der Waals surface area contributed by atoms with Gasteiger partial charge in [-0.15, -0.1) is 0 Å². The minimum Gasteiger partial charge on any atom is -0.382 e. The van der Waals surface area contributed by atoms with Gasteiger partial charge in [0.25, 0.3) is 5.56 Å². The lowest BCUT2D eigenvalue weighted by molar-refractivity contribution is -0.117. The number of benzene rings is 1. The number of carbonyl (C=O) groups is 2. The zero-order chi connectivity index (χ0) is 20.4. The number of nitrogens with one attached hydrogen (secondary N) is 2. The summed E-state index contributed by atoms with van der Waals surface area (Å²) < 4.78 is 6.91. The summed E-state index contributed by atoms with van der Waals surface area (Å²) in [5, 5.41) is 5.83. The minimum atomic E-state index is -0.520. The summed E-state index contributed by atoms with van der Waals surface area (Å²) in [7, 11) is 0. The largest absolute Gasteiger partial charge is 0.382 e. The van der Waals surface area contributed by atoms with E-state index < -0.39 is 11.9 Å². The lowest BCUT2D eigenvalue weighted by atomic mass is 10.2. The van der Waals surface area contributed by atoms with E-state index in [9.17, 15) is 14.4 Å². The molecule has 1 aromatic carbocycles. The number of hydrogen-bond acceptors (Lipinski definition) is 6. The number of nitrogens with zero attached hydrogens (tertiary/aromatic N) is 2. The minimum absolute atomic E-state index is 0.0181. The monoisotopic (exact) mass is 406 g/mol. The van der Waals surface area contributed by atoms with E-state index >= 15 is 0 Å². The lowest BCUT2D eigenvalue weighted by Crippen LogP contribution is -2.40. The highest BCUT2D eigenvalue weighted by Gasteiger charge is 2.14. The molecule has 1 aromatic heterocycles. The van der Waals surface area contributed by atoms with Crippen molar-refractivity contribution in [2.45, 2.75) is 38.4 Å². The zero-order valence-corrected chi connectivity index (χ0v) is 17.0. The Morgan fingerprint density at radius 3 is 2.79 bits per heavy atom. The smallest absolute Gasteiger partial charge is 0.321 e. The maximum atomic E-state index is 12.9. The SMILES string of the molecule is CCCNC(=O)NC(=O)CSc1nc2ccccc2c(=O)n1CCCOCC. The van der Waals surface area contributed by atoms with Gasteiger partial charge in [-0.3, -0.25) is 19.5 Å². The number of imide groups is 1. The number of rotatable bonds is 10. The van der Waals surface area contributed by atoms with Crippen LogP contribution in [0.4, 0.5) is 4.79 Å². The van der Waals surface area contributed by atoms with Gasteiger partial charge in [0, 0.05) is 26.3 Å². The number of carbonyl (C=O) groups excluding carboxylic acids is 2. The van der Waals surface area contributed by atoms with Gasteiger partial charge < -0.3 is 10.1 Å². The number of fused-ring (bicyclic) bond motifs is 1. The van der Waals surface area contributed by atoms with Crippen LogP contribution in [-0.4, -0.2) is 47.0 Å². The van der Waals surface area contributed by atoms with Crippen LogP contribution in [0, 0.1) is 0 Å². The van der Waals surface area contributed by atoms with Gasteiger partial charge in [0.1, 0.15) is 0 Å². The van der Waals surface area contributed by atoms with Crippen LogP contribution >= 0.6 is 11.8 Å². The molecule has 0 unspecified atom stereocenters. The number of hydrogen-bond donors (Lipinski definition) is 2. The maximum absolute atomic E-state index is 12.9. The lowest BCUT2D eigenvalue weighted by Gasteiger charge is -2.13. The molecule has 152 valence electrons. The molecule has 0 radical (unpaired) electrons. The summed E-state index contributed by atoms with van der Waals surface area (Å²) in [4.78, 5) is 41.0. The Balaban J connectivity index is 2.13. The van der Waals surface area contributed by atoms with Crippen LogP contribution in [0.15, 0.2) is 34.2 Å². The van der Waals surface area contributed by atoms with Gasteiger partial charge in [-0.05, 0) is 31.9 Å². The normalized spacial score (nSPS) is 10.8. The number of amides is 3. The molecule has 0 fully saturated rings. The average Bonchev–Trinajstić information content (AvgIpc) is 2.69. The Morgan fingerprint density at radius 2 is 2.04 bits per heavy atom. The van der Waals surface area contributed by atoms with Crippen LogP contribution in [-0.2, 0) is 16.1 Å². The van der Waals surface area contributed by atoms with Gasteiger partial charge in [-0.1, -0.05) is 30.8 Å². The van der Waals surface area contributed by atoms with Crippen molar-refractivity contribution in [3.05, 3.63) is 34.6 Å². The van der Waals surface area contributed by atoms with Crippen molar-refractivity contribution in [1.82, 2.24) is 20.2 Å². The molecular formula is C19H26N4O4S. The third-order valence-electron chi connectivity index (χ3n) is 3.82. The van der Waals surface area contributed by atoms with Crippen LogP contribution in [0.1, 0.15) is 26.7 Å². The van der Waals surface area contributed by atoms with E-state index in [2.05, 4.69) is 15.6 Å². The molecule has 0 spiro atoms. The first-order valence-electron chi connectivity index (χ1n) is 9.34. The quantitative estimate of drug-likeness (QED) is 0.356.